The van der Waals surface area contributed by atoms with E-state index in [0.717, 1.165) is 10.6 Å². The summed E-state index contributed by atoms with van der Waals surface area (Å²) in [5.74, 6) is -0.531. The average molecular weight is 391 g/mol. The minimum absolute atomic E-state index is 0.0325. The van der Waals surface area contributed by atoms with E-state index >= 15 is 0 Å². The van der Waals surface area contributed by atoms with Crippen molar-refractivity contribution >= 4 is 34.6 Å². The molecule has 1 heterocycles. The van der Waals surface area contributed by atoms with Gasteiger partial charge in [0.25, 0.3) is 5.69 Å². The number of non-ortho nitro benzene ring substituents is 1. The van der Waals surface area contributed by atoms with Gasteiger partial charge in [-0.1, -0.05) is 6.07 Å². The van der Waals surface area contributed by atoms with Crippen LogP contribution < -0.4 is 10.6 Å². The van der Waals surface area contributed by atoms with Crippen LogP contribution in [0, 0.1) is 10.1 Å². The smallest absolute Gasteiger partial charge is 0.307 e. The van der Waals surface area contributed by atoms with Gasteiger partial charge in [0, 0.05) is 35.7 Å². The van der Waals surface area contributed by atoms with Crippen molar-refractivity contribution in [1.29, 1.82) is 0 Å². The third-order valence-electron chi connectivity index (χ3n) is 3.81. The molecule has 1 aromatic heterocycles. The van der Waals surface area contributed by atoms with Crippen LogP contribution in [0.25, 0.3) is 0 Å². The van der Waals surface area contributed by atoms with Crippen molar-refractivity contribution in [2.75, 3.05) is 19.0 Å². The number of nitrogens with one attached hydrogen (secondary N) is 2. The van der Waals surface area contributed by atoms with Crippen LogP contribution in [0.15, 0.2) is 41.8 Å². The van der Waals surface area contributed by atoms with E-state index in [1.54, 1.807) is 12.1 Å². The van der Waals surface area contributed by atoms with E-state index < -0.39 is 11.0 Å². The highest BCUT2D eigenvalue weighted by Crippen LogP contribution is 2.22. The first-order valence-corrected chi connectivity index (χ1v) is 9.25. The number of hydrogen-bond acceptors (Lipinski definition) is 7. The van der Waals surface area contributed by atoms with Crippen molar-refractivity contribution in [2.24, 2.45) is 0 Å². The van der Waals surface area contributed by atoms with Gasteiger partial charge in [-0.2, -0.15) is 0 Å². The molecule has 2 N–H and O–H groups in total. The Morgan fingerprint density at radius 2 is 2.00 bits per heavy atom. The van der Waals surface area contributed by atoms with Gasteiger partial charge in [-0.15, -0.1) is 11.3 Å². The molecular weight excluding hydrogens is 370 g/mol. The van der Waals surface area contributed by atoms with Crippen LogP contribution in [0.4, 0.5) is 11.4 Å². The quantitative estimate of drug-likeness (QED) is 0.278. The van der Waals surface area contributed by atoms with Gasteiger partial charge in [-0.05, 0) is 30.0 Å². The van der Waals surface area contributed by atoms with Crippen LogP contribution in [-0.2, 0) is 14.3 Å². The van der Waals surface area contributed by atoms with Crippen LogP contribution in [0.1, 0.15) is 30.2 Å². The van der Waals surface area contributed by atoms with E-state index in [1.807, 2.05) is 17.5 Å². The Morgan fingerprint density at radius 3 is 2.59 bits per heavy atom. The topological polar surface area (TPSA) is 111 Å². The van der Waals surface area contributed by atoms with Crippen LogP contribution >= 0.6 is 11.3 Å². The molecule has 1 atom stereocenters. The van der Waals surface area contributed by atoms with E-state index in [4.69, 9.17) is 4.74 Å². The van der Waals surface area contributed by atoms with Gasteiger partial charge in [-0.3, -0.25) is 19.7 Å². The monoisotopic (exact) mass is 391 g/mol. The molecule has 0 fully saturated rings. The number of benzene rings is 1. The summed E-state index contributed by atoms with van der Waals surface area (Å²) in [6.45, 7) is 0.548. The van der Waals surface area contributed by atoms with Crippen molar-refractivity contribution in [2.45, 2.75) is 25.3 Å². The van der Waals surface area contributed by atoms with E-state index in [-0.39, 0.29) is 24.0 Å². The van der Waals surface area contributed by atoms with Gasteiger partial charge in [0.05, 0.1) is 24.5 Å². The average Bonchev–Trinajstić information content (AvgIpc) is 3.19. The van der Waals surface area contributed by atoms with Gasteiger partial charge >= 0.3 is 5.97 Å². The van der Waals surface area contributed by atoms with Crippen molar-refractivity contribution in [3.8, 4) is 0 Å². The first-order valence-electron chi connectivity index (χ1n) is 8.37. The van der Waals surface area contributed by atoms with Crippen LogP contribution in [0.2, 0.25) is 0 Å². The maximum atomic E-state index is 12.2. The van der Waals surface area contributed by atoms with Gasteiger partial charge < -0.3 is 15.4 Å². The Hall–Kier alpha value is -2.94. The van der Waals surface area contributed by atoms with Crippen molar-refractivity contribution < 1.29 is 19.2 Å². The number of amides is 1. The lowest BCUT2D eigenvalue weighted by Gasteiger charge is -2.16. The third kappa shape index (κ3) is 6.70. The molecule has 9 heteroatoms. The third-order valence-corrected chi connectivity index (χ3v) is 4.79. The second kappa shape index (κ2) is 10.3. The summed E-state index contributed by atoms with van der Waals surface area (Å²) < 4.78 is 4.69. The van der Waals surface area contributed by atoms with E-state index in [1.165, 1.54) is 30.6 Å². The molecule has 1 unspecified atom stereocenters. The molecular formula is C18H21N3O5S. The van der Waals surface area contributed by atoms with Gasteiger partial charge in [0.15, 0.2) is 0 Å². The predicted octanol–water partition coefficient (Wildman–Crippen LogP) is 3.27. The summed E-state index contributed by atoms with van der Waals surface area (Å²) >= 11 is 1.47. The van der Waals surface area contributed by atoms with Crippen LogP contribution in [-0.4, -0.2) is 30.5 Å². The molecule has 0 saturated heterocycles. The maximum Gasteiger partial charge on any atom is 0.307 e. The summed E-state index contributed by atoms with van der Waals surface area (Å²) in [6, 6.07) is 9.44. The van der Waals surface area contributed by atoms with Crippen LogP contribution in [0.3, 0.4) is 0 Å². The first kappa shape index (κ1) is 20.4. The van der Waals surface area contributed by atoms with Gasteiger partial charge in [0.2, 0.25) is 5.91 Å². The highest BCUT2D eigenvalue weighted by Gasteiger charge is 2.19. The molecule has 0 spiro atoms. The molecule has 1 amide bonds. The molecule has 0 radical (unpaired) electrons. The number of nitrogens with zero attached hydrogens (tertiary/aromatic N) is 1. The fourth-order valence-corrected chi connectivity index (χ4v) is 3.19. The molecule has 144 valence electrons. The highest BCUT2D eigenvalue weighted by molar-refractivity contribution is 7.10. The summed E-state index contributed by atoms with van der Waals surface area (Å²) in [5.41, 5.74) is 0.785. The Bertz CT molecular complexity index is 762. The van der Waals surface area contributed by atoms with Crippen molar-refractivity contribution in [1.82, 2.24) is 5.32 Å². The van der Waals surface area contributed by atoms with E-state index in [2.05, 4.69) is 10.6 Å². The zero-order valence-electron chi connectivity index (χ0n) is 14.8. The Labute approximate surface area is 160 Å². The highest BCUT2D eigenvalue weighted by atomic mass is 32.1. The molecule has 1 aromatic carbocycles. The summed E-state index contributed by atoms with van der Waals surface area (Å²) in [7, 11) is 1.32. The van der Waals surface area contributed by atoms with E-state index in [9.17, 15) is 19.7 Å². The fraction of sp³-hybridized carbons (Fsp3) is 0.333. The fourth-order valence-electron chi connectivity index (χ4n) is 2.41. The number of carbonyl (C=O) groups is 2. The first-order chi connectivity index (χ1) is 13.0. The minimum atomic E-state index is -0.452. The standard InChI is InChI=1S/C18H21N3O5S/c1-26-18(23)12-15(16-4-3-11-27-16)20-17(22)5-2-10-19-13-6-8-14(9-7-13)21(24)25/h3-4,6-9,11,15,19H,2,5,10,12H2,1H3,(H,20,22). The number of esters is 1. The number of anilines is 1. The number of nitro groups is 1. The number of nitro benzene ring substituents is 1. The predicted molar refractivity (Wildman–Crippen MR) is 103 cm³/mol. The second-order valence-electron chi connectivity index (χ2n) is 5.75. The van der Waals surface area contributed by atoms with Crippen molar-refractivity contribution in [3.63, 3.8) is 0 Å². The van der Waals surface area contributed by atoms with E-state index in [0.29, 0.717) is 19.4 Å². The molecule has 2 aromatic rings. The van der Waals surface area contributed by atoms with Crippen molar-refractivity contribution in [3.05, 3.63) is 56.8 Å². The second-order valence-corrected chi connectivity index (χ2v) is 6.73. The largest absolute Gasteiger partial charge is 0.469 e. The Balaban J connectivity index is 1.76. The Morgan fingerprint density at radius 1 is 1.26 bits per heavy atom. The number of carbonyl (C=O) groups excluding carboxylic acids is 2. The number of ether oxygens (including phenoxy) is 1. The lowest BCUT2D eigenvalue weighted by molar-refractivity contribution is -0.384. The maximum absolute atomic E-state index is 12.2. The summed E-state index contributed by atoms with van der Waals surface area (Å²) in [6.07, 6.45) is 0.963. The number of methoxy groups -OCH3 is 1. The summed E-state index contributed by atoms with van der Waals surface area (Å²) in [5, 5.41) is 18.5. The van der Waals surface area contributed by atoms with Gasteiger partial charge in [-0.25, -0.2) is 0 Å². The molecule has 0 saturated carbocycles. The summed E-state index contributed by atoms with van der Waals surface area (Å²) in [4.78, 5) is 34.8. The van der Waals surface area contributed by atoms with Gasteiger partial charge in [0.1, 0.15) is 0 Å². The van der Waals surface area contributed by atoms with Crippen LogP contribution in [0.5, 0.6) is 0 Å². The molecule has 2 rings (SSSR count). The minimum Gasteiger partial charge on any atom is -0.469 e. The number of rotatable bonds is 10. The molecule has 27 heavy (non-hydrogen) atoms. The molecule has 0 aliphatic rings. The normalized spacial score (nSPS) is 11.4. The zero-order chi connectivity index (χ0) is 19.6. The molecule has 0 aliphatic carbocycles. The number of hydrogen-bond donors (Lipinski definition) is 2. The zero-order valence-corrected chi connectivity index (χ0v) is 15.7. The lowest BCUT2D eigenvalue weighted by Crippen LogP contribution is -2.30. The molecule has 8 nitrogen and oxygen atoms in total. The number of thiophene rings is 1. The SMILES string of the molecule is COC(=O)CC(NC(=O)CCCNc1ccc([N+](=O)[O-])cc1)c1cccs1. The Kier molecular flexibility index (Phi) is 7.75. The lowest BCUT2D eigenvalue weighted by atomic mass is 10.1. The molecule has 0 bridgehead atoms. The molecule has 0 aliphatic heterocycles.